The van der Waals surface area contributed by atoms with Crippen molar-refractivity contribution in [2.24, 2.45) is 0 Å². The fraction of sp³-hybridized carbons (Fsp3) is 0.364. The van der Waals surface area contributed by atoms with Crippen molar-refractivity contribution in [3.63, 3.8) is 0 Å². The van der Waals surface area contributed by atoms with Crippen LogP contribution in [0.25, 0.3) is 0 Å². The largest absolute Gasteiger partial charge is 2.00 e. The first kappa shape index (κ1) is 44.2. The second-order valence-electron chi connectivity index (χ2n) is 7.05. The Balaban J connectivity index is -0.000000656. The molecule has 228 valence electrons. The predicted molar refractivity (Wildman–Crippen MR) is 152 cm³/mol. The molecule has 2 atom stereocenters. The van der Waals surface area contributed by atoms with Gasteiger partial charge in [-0.15, -0.1) is 8.42 Å². The third-order valence-corrected chi connectivity index (χ3v) is 8.85. The maximum Gasteiger partial charge on any atom is 2.00 e. The normalized spacial score (nSPS) is 12.9. The van der Waals surface area contributed by atoms with Crippen molar-refractivity contribution in [2.45, 2.75) is 23.6 Å². The first-order valence-electron chi connectivity index (χ1n) is 10.8. The minimum Gasteiger partial charge on any atom is -1.00 e. The summed E-state index contributed by atoms with van der Waals surface area (Å²) in [7, 11) is -4.12. The summed E-state index contributed by atoms with van der Waals surface area (Å²) in [6.45, 7) is 3.93. The van der Waals surface area contributed by atoms with Crippen LogP contribution < -0.4 is 35.4 Å². The molecule has 0 spiro atoms. The van der Waals surface area contributed by atoms with Crippen LogP contribution in [0, 0.1) is 0 Å². The van der Waals surface area contributed by atoms with Gasteiger partial charge in [0.15, 0.2) is 24.0 Å². The first-order chi connectivity index (χ1) is 17.8. The Kier molecular flexibility index (Phi) is 23.1. The Morgan fingerprint density at radius 3 is 1.22 bits per heavy atom. The van der Waals surface area contributed by atoms with Crippen molar-refractivity contribution in [3.8, 4) is 0 Å². The molecule has 0 aliphatic rings. The van der Waals surface area contributed by atoms with E-state index < -0.39 is 32.4 Å². The zero-order valence-corrected chi connectivity index (χ0v) is 28.7. The number of hydrogen-bond donors (Lipinski definition) is 2. The Labute approximate surface area is 279 Å². The van der Waals surface area contributed by atoms with Gasteiger partial charge in [-0.3, -0.25) is 18.3 Å². The van der Waals surface area contributed by atoms with Gasteiger partial charge in [0.1, 0.15) is 0 Å². The van der Waals surface area contributed by atoms with Crippen molar-refractivity contribution in [1.82, 2.24) is 0 Å². The monoisotopic (exact) mass is 712 g/mol. The predicted octanol–water partition coefficient (Wildman–Crippen LogP) is -1.41. The van der Waals surface area contributed by atoms with Crippen molar-refractivity contribution < 1.29 is 68.3 Å². The van der Waals surface area contributed by atoms with Crippen LogP contribution in [0.15, 0.2) is 58.3 Å². The number of nitrogens with one attached hydrogen (secondary N) is 2. The van der Waals surface area contributed by atoms with Gasteiger partial charge in [-0.1, -0.05) is 0 Å². The van der Waals surface area contributed by atoms with Gasteiger partial charge < -0.3 is 34.3 Å². The summed E-state index contributed by atoms with van der Waals surface area (Å²) in [6.07, 6.45) is -1.15. The van der Waals surface area contributed by atoms with Gasteiger partial charge in [-0.25, -0.2) is 9.59 Å². The number of carbonyl (C=O) groups is 2. The van der Waals surface area contributed by atoms with E-state index in [1.807, 2.05) is 7.63 Å². The van der Waals surface area contributed by atoms with Gasteiger partial charge in [0.25, 0.3) is 0 Å². The van der Waals surface area contributed by atoms with E-state index in [0.29, 0.717) is 11.4 Å². The SMILES string of the molecule is CCOC(=O)Nc1ccc(S(=O)(=[OH+])[O+](C)CCl)cc1.CCOC(=O)Nc1ccc(S(=O)(=[OH+])[O+](C)CCl)cc1.[Cl-].[Cl-].[Mg+2]. The van der Waals surface area contributed by atoms with Gasteiger partial charge in [0.2, 0.25) is 12.1 Å². The Bertz CT molecular complexity index is 1170. The van der Waals surface area contributed by atoms with E-state index in [1.54, 1.807) is 13.8 Å². The molecule has 0 heterocycles. The second-order valence-corrected chi connectivity index (χ2v) is 11.5. The zero-order chi connectivity index (χ0) is 28.9. The van der Waals surface area contributed by atoms with Gasteiger partial charge >= 0.3 is 55.5 Å². The van der Waals surface area contributed by atoms with Crippen LogP contribution in [-0.2, 0) is 37.3 Å². The number of hydrogen-bond acceptors (Lipinski definition) is 6. The molecule has 0 saturated heterocycles. The number of benzene rings is 2. The molecular formula is C22H32Cl4MgN2O10S2+4. The molecule has 0 saturated carbocycles. The molecule has 2 unspecified atom stereocenters. The van der Waals surface area contributed by atoms with Gasteiger partial charge in [-0.05, 0) is 85.6 Å². The smallest absolute Gasteiger partial charge is 1.00 e. The van der Waals surface area contributed by atoms with Crippen LogP contribution in [0.4, 0.5) is 21.0 Å². The molecule has 2 aromatic carbocycles. The molecule has 12 nitrogen and oxygen atoms in total. The van der Waals surface area contributed by atoms with Crippen LogP contribution in [0.2, 0.25) is 0 Å². The number of carbonyl (C=O) groups excluding carboxylic acids is 2. The summed E-state index contributed by atoms with van der Waals surface area (Å²) in [5.74, 6) is 0. The van der Waals surface area contributed by atoms with Crippen LogP contribution in [0.3, 0.4) is 0 Å². The minimum absolute atomic E-state index is 0. The van der Waals surface area contributed by atoms with Crippen LogP contribution in [-0.4, -0.2) is 91.6 Å². The van der Waals surface area contributed by atoms with Crippen LogP contribution in [0.5, 0.6) is 0 Å². The third-order valence-electron chi connectivity index (χ3n) is 4.43. The fourth-order valence-electron chi connectivity index (χ4n) is 2.44. The Hall–Kier alpha value is -1.27. The van der Waals surface area contributed by atoms with Gasteiger partial charge in [0, 0.05) is 11.4 Å². The molecule has 4 N–H and O–H groups in total. The van der Waals surface area contributed by atoms with E-state index in [9.17, 15) is 26.4 Å². The number of rotatable bonds is 10. The first-order valence-corrected chi connectivity index (χ1v) is 14.8. The van der Waals surface area contributed by atoms with E-state index in [1.165, 1.54) is 62.8 Å². The number of anilines is 2. The molecule has 0 aliphatic carbocycles. The van der Waals surface area contributed by atoms with E-state index in [0.717, 1.165) is 0 Å². The molecule has 0 bridgehead atoms. The molecule has 0 aliphatic heterocycles. The quantitative estimate of drug-likeness (QED) is 0.133. The van der Waals surface area contributed by atoms with E-state index in [-0.39, 0.29) is 83.0 Å². The molecular weight excluding hydrogens is 682 g/mol. The molecule has 2 amide bonds. The summed E-state index contributed by atoms with van der Waals surface area (Å²) >= 11 is 11.0. The van der Waals surface area contributed by atoms with Gasteiger partial charge in [0.05, 0.1) is 13.2 Å². The zero-order valence-electron chi connectivity index (χ0n) is 22.6. The second kappa shape index (κ2) is 21.4. The summed E-state index contributed by atoms with van der Waals surface area (Å²) in [4.78, 5) is 22.7. The van der Waals surface area contributed by atoms with E-state index in [2.05, 4.69) is 10.6 Å². The third kappa shape index (κ3) is 14.2. The summed E-state index contributed by atoms with van der Waals surface area (Å²) in [5.41, 5.74) is 0.937. The summed E-state index contributed by atoms with van der Waals surface area (Å²) in [6, 6.07) is 11.4. The fourth-order valence-corrected chi connectivity index (χ4v) is 5.02. The topological polar surface area (TPSA) is 159 Å². The molecule has 0 aromatic heterocycles. The van der Waals surface area contributed by atoms with Crippen molar-refractivity contribution in [2.75, 3.05) is 50.2 Å². The van der Waals surface area contributed by atoms with E-state index >= 15 is 0 Å². The summed E-state index contributed by atoms with van der Waals surface area (Å²) < 4.78 is 57.0. The minimum atomic E-state index is -3.42. The van der Waals surface area contributed by atoms with Crippen molar-refractivity contribution in [3.05, 3.63) is 48.5 Å². The Morgan fingerprint density at radius 1 is 0.732 bits per heavy atom. The molecule has 0 radical (unpaired) electrons. The molecule has 2 aromatic rings. The molecule has 0 fully saturated rings. The number of ether oxygens (including phenoxy) is 2. The average molecular weight is 715 g/mol. The Morgan fingerprint density at radius 2 is 1.00 bits per heavy atom. The maximum atomic E-state index is 12.0. The number of alkyl halides is 2. The standard InChI is InChI=1S/2C11H14ClNO5S.2ClH.Mg/c2*1-3-17-11(14)13-9-4-6-10(7-5-9)19(15,16)18(2)8-12;;;/h2*4-7H,3,8H2,1-2H3;2*1H;/q;;;;+2/p+2. The number of amides is 2. The molecule has 41 heavy (non-hydrogen) atoms. The molecule has 2 rings (SSSR count). The van der Waals surface area contributed by atoms with E-state index in [4.69, 9.17) is 32.7 Å². The van der Waals surface area contributed by atoms with Crippen LogP contribution in [0.1, 0.15) is 13.8 Å². The molecule has 19 heteroatoms. The van der Waals surface area contributed by atoms with Gasteiger partial charge in [-0.2, -0.15) is 8.42 Å². The van der Waals surface area contributed by atoms with Crippen molar-refractivity contribution in [1.29, 1.82) is 0 Å². The summed E-state index contributed by atoms with van der Waals surface area (Å²) in [5, 5.41) is 4.97. The van der Waals surface area contributed by atoms with Crippen molar-refractivity contribution >= 4 is 90.1 Å². The van der Waals surface area contributed by atoms with Crippen LogP contribution >= 0.6 is 23.2 Å². The average Bonchev–Trinajstić information content (AvgIpc) is 2.88. The number of halogens is 4. The maximum absolute atomic E-state index is 12.0.